The third-order valence-corrected chi connectivity index (χ3v) is 5.37. The van der Waals surface area contributed by atoms with Crippen LogP contribution in [0.15, 0.2) is 4.90 Å². The molecule has 0 aromatic carbocycles. The molecule has 94 valence electrons. The molecule has 0 radical (unpaired) electrons. The Morgan fingerprint density at radius 1 is 1.35 bits per heavy atom. The number of hydrogen-bond donors (Lipinski definition) is 1. The van der Waals surface area contributed by atoms with Crippen molar-refractivity contribution in [3.8, 4) is 0 Å². The average Bonchev–Trinajstić information content (AvgIpc) is 2.67. The number of anilines is 2. The van der Waals surface area contributed by atoms with E-state index in [0.29, 0.717) is 5.69 Å². The number of nitrogen functional groups attached to an aromatic ring is 1. The van der Waals surface area contributed by atoms with Crippen molar-refractivity contribution in [2.75, 3.05) is 30.0 Å². The molecule has 0 atom stereocenters. The van der Waals surface area contributed by atoms with Crippen LogP contribution in [0.3, 0.4) is 0 Å². The lowest BCUT2D eigenvalue weighted by Gasteiger charge is -2.28. The smallest absolute Gasteiger partial charge is 0.171 e. The standard InChI is InChI=1S/C12H18N2OS2/c1-8(15)10-9(13)11(16-2)12(17-10)14-6-4-3-5-7-14/h3-7,13H2,1-2H3. The molecule has 0 bridgehead atoms. The van der Waals surface area contributed by atoms with Crippen LogP contribution in [0.1, 0.15) is 35.9 Å². The van der Waals surface area contributed by atoms with Crippen molar-refractivity contribution in [2.45, 2.75) is 31.1 Å². The van der Waals surface area contributed by atoms with Gasteiger partial charge in [0.25, 0.3) is 0 Å². The van der Waals surface area contributed by atoms with Crippen molar-refractivity contribution in [3.63, 3.8) is 0 Å². The van der Waals surface area contributed by atoms with Gasteiger partial charge < -0.3 is 10.6 Å². The molecule has 0 unspecified atom stereocenters. The molecule has 0 saturated carbocycles. The summed E-state index contributed by atoms with van der Waals surface area (Å²) in [5, 5.41) is 1.19. The molecule has 1 aromatic heterocycles. The van der Waals surface area contributed by atoms with E-state index >= 15 is 0 Å². The van der Waals surface area contributed by atoms with Crippen LogP contribution in [-0.4, -0.2) is 25.1 Å². The number of carbonyl (C=O) groups is 1. The number of Topliss-reactive ketones (excluding diaryl/α,β-unsaturated/α-hetero) is 1. The Balaban J connectivity index is 2.38. The highest BCUT2D eigenvalue weighted by Crippen LogP contribution is 2.44. The Kier molecular flexibility index (Phi) is 3.99. The summed E-state index contributed by atoms with van der Waals surface area (Å²) in [6.45, 7) is 3.77. The summed E-state index contributed by atoms with van der Waals surface area (Å²) in [7, 11) is 0. The third-order valence-electron chi connectivity index (χ3n) is 3.05. The maximum atomic E-state index is 11.5. The molecular formula is C12H18N2OS2. The SMILES string of the molecule is CSc1c(N2CCCCC2)sc(C(C)=O)c1N. The van der Waals surface area contributed by atoms with Crippen LogP contribution in [0.5, 0.6) is 0 Å². The molecule has 1 aliphatic heterocycles. The zero-order valence-electron chi connectivity index (χ0n) is 10.3. The first kappa shape index (κ1) is 12.8. The lowest BCUT2D eigenvalue weighted by atomic mass is 10.1. The van der Waals surface area contributed by atoms with Gasteiger partial charge in [-0.15, -0.1) is 23.1 Å². The Hall–Kier alpha value is -0.680. The number of ketones is 1. The molecule has 2 N–H and O–H groups in total. The lowest BCUT2D eigenvalue weighted by molar-refractivity contribution is 0.102. The van der Waals surface area contributed by atoms with Crippen LogP contribution in [0.4, 0.5) is 10.7 Å². The molecule has 1 saturated heterocycles. The molecule has 3 nitrogen and oxygen atoms in total. The predicted octanol–water partition coefficient (Wildman–Crippen LogP) is 3.25. The number of thiophene rings is 1. The maximum absolute atomic E-state index is 11.5. The summed E-state index contributed by atoms with van der Waals surface area (Å²) in [5.74, 6) is 0.0751. The molecule has 2 rings (SSSR count). The molecule has 0 amide bonds. The van der Waals surface area contributed by atoms with Gasteiger partial charge in [-0.2, -0.15) is 0 Å². The van der Waals surface area contributed by atoms with E-state index in [2.05, 4.69) is 4.90 Å². The minimum Gasteiger partial charge on any atom is -0.396 e. The van der Waals surface area contributed by atoms with Gasteiger partial charge in [0.2, 0.25) is 0 Å². The number of nitrogens with zero attached hydrogens (tertiary/aromatic N) is 1. The highest BCUT2D eigenvalue weighted by atomic mass is 32.2. The minimum atomic E-state index is 0.0751. The highest BCUT2D eigenvalue weighted by Gasteiger charge is 2.23. The van der Waals surface area contributed by atoms with Crippen LogP contribution < -0.4 is 10.6 Å². The van der Waals surface area contributed by atoms with Crippen LogP contribution in [0, 0.1) is 0 Å². The zero-order chi connectivity index (χ0) is 12.4. The summed E-state index contributed by atoms with van der Waals surface area (Å²) >= 11 is 3.20. The monoisotopic (exact) mass is 270 g/mol. The van der Waals surface area contributed by atoms with E-state index in [9.17, 15) is 4.79 Å². The van der Waals surface area contributed by atoms with Gasteiger partial charge in [0, 0.05) is 20.0 Å². The van der Waals surface area contributed by atoms with Crippen molar-refractivity contribution < 1.29 is 4.79 Å². The first-order valence-electron chi connectivity index (χ1n) is 5.87. The molecule has 1 aromatic rings. The molecule has 1 aliphatic rings. The first-order chi connectivity index (χ1) is 8.15. The van der Waals surface area contributed by atoms with Gasteiger partial charge in [-0.1, -0.05) is 0 Å². The minimum absolute atomic E-state index is 0.0751. The second-order valence-corrected chi connectivity index (χ2v) is 6.10. The average molecular weight is 270 g/mol. The fraction of sp³-hybridized carbons (Fsp3) is 0.583. The molecule has 0 aliphatic carbocycles. The Labute approximate surface area is 110 Å². The van der Waals surface area contributed by atoms with Crippen LogP contribution >= 0.6 is 23.1 Å². The van der Waals surface area contributed by atoms with Gasteiger partial charge in [-0.25, -0.2) is 0 Å². The highest BCUT2D eigenvalue weighted by molar-refractivity contribution is 7.99. The van der Waals surface area contributed by atoms with E-state index in [-0.39, 0.29) is 5.78 Å². The number of carbonyl (C=O) groups excluding carboxylic acids is 1. The van der Waals surface area contributed by atoms with Crippen LogP contribution in [-0.2, 0) is 0 Å². The van der Waals surface area contributed by atoms with Crippen molar-refractivity contribution in [2.24, 2.45) is 0 Å². The first-order valence-corrected chi connectivity index (χ1v) is 7.91. The van der Waals surface area contributed by atoms with Crippen LogP contribution in [0.25, 0.3) is 0 Å². The number of thioether (sulfide) groups is 1. The van der Waals surface area contributed by atoms with Gasteiger partial charge in [0.15, 0.2) is 5.78 Å². The Morgan fingerprint density at radius 3 is 2.53 bits per heavy atom. The summed E-state index contributed by atoms with van der Waals surface area (Å²) < 4.78 is 0. The molecule has 2 heterocycles. The molecule has 5 heteroatoms. The lowest BCUT2D eigenvalue weighted by Crippen LogP contribution is -2.28. The number of piperidine rings is 1. The van der Waals surface area contributed by atoms with E-state index in [0.717, 1.165) is 22.9 Å². The van der Waals surface area contributed by atoms with E-state index in [1.165, 1.54) is 24.3 Å². The largest absolute Gasteiger partial charge is 0.396 e. The Morgan fingerprint density at radius 2 is 2.00 bits per heavy atom. The summed E-state index contributed by atoms with van der Waals surface area (Å²) in [6.07, 6.45) is 5.81. The van der Waals surface area contributed by atoms with Gasteiger partial charge in [-0.05, 0) is 25.5 Å². The topological polar surface area (TPSA) is 46.3 Å². The fourth-order valence-electron chi connectivity index (χ4n) is 2.18. The summed E-state index contributed by atoms with van der Waals surface area (Å²) in [6, 6.07) is 0. The van der Waals surface area contributed by atoms with Crippen molar-refractivity contribution in [1.29, 1.82) is 0 Å². The van der Waals surface area contributed by atoms with Crippen molar-refractivity contribution >= 4 is 39.6 Å². The summed E-state index contributed by atoms with van der Waals surface area (Å²) in [5.41, 5.74) is 6.74. The van der Waals surface area contributed by atoms with Gasteiger partial charge in [0.1, 0.15) is 5.00 Å². The third kappa shape index (κ3) is 2.45. The van der Waals surface area contributed by atoms with Crippen LogP contribution in [0.2, 0.25) is 0 Å². The second-order valence-electron chi connectivity index (χ2n) is 4.29. The van der Waals surface area contributed by atoms with Crippen molar-refractivity contribution in [1.82, 2.24) is 0 Å². The van der Waals surface area contributed by atoms with E-state index in [1.807, 2.05) is 6.26 Å². The van der Waals surface area contributed by atoms with E-state index in [1.54, 1.807) is 30.0 Å². The quantitative estimate of drug-likeness (QED) is 0.676. The maximum Gasteiger partial charge on any atom is 0.171 e. The second kappa shape index (κ2) is 5.31. The molecule has 0 spiro atoms. The molecule has 17 heavy (non-hydrogen) atoms. The van der Waals surface area contributed by atoms with Gasteiger partial charge >= 0.3 is 0 Å². The predicted molar refractivity (Wildman–Crippen MR) is 76.6 cm³/mol. The number of hydrogen-bond acceptors (Lipinski definition) is 5. The van der Waals surface area contributed by atoms with Gasteiger partial charge in [0.05, 0.1) is 15.5 Å². The normalized spacial score (nSPS) is 16.2. The van der Waals surface area contributed by atoms with Crippen molar-refractivity contribution in [3.05, 3.63) is 4.88 Å². The molecular weight excluding hydrogens is 252 g/mol. The Bertz CT molecular complexity index is 422. The number of rotatable bonds is 3. The fourth-order valence-corrected chi connectivity index (χ4v) is 4.31. The number of nitrogens with two attached hydrogens (primary N) is 1. The van der Waals surface area contributed by atoms with E-state index < -0.39 is 0 Å². The van der Waals surface area contributed by atoms with E-state index in [4.69, 9.17) is 5.73 Å². The van der Waals surface area contributed by atoms with Gasteiger partial charge in [-0.3, -0.25) is 4.79 Å². The molecule has 1 fully saturated rings. The summed E-state index contributed by atoms with van der Waals surface area (Å²) in [4.78, 5) is 15.7. The zero-order valence-corrected chi connectivity index (χ0v) is 11.9.